The molecule has 0 unspecified atom stereocenters. The topological polar surface area (TPSA) is 65.1 Å². The number of rotatable bonds is 2. The minimum atomic E-state index is -0.564. The molecule has 2 fully saturated rings. The number of hydrogen-bond acceptors (Lipinski definition) is 5. The zero-order valence-corrected chi connectivity index (χ0v) is 15.3. The van der Waals surface area contributed by atoms with Gasteiger partial charge in [0.1, 0.15) is 12.2 Å². The van der Waals surface area contributed by atoms with Crippen molar-refractivity contribution in [2.45, 2.75) is 70.9 Å². The van der Waals surface area contributed by atoms with E-state index in [-0.39, 0.29) is 23.7 Å². The van der Waals surface area contributed by atoms with Crippen molar-refractivity contribution in [3.8, 4) is 0 Å². The Balaban J connectivity index is 1.92. The highest BCUT2D eigenvalue weighted by Gasteiger charge is 2.57. The SMILES string of the molecule is C=C1C(=O)O[C@H]2C[C@@]3(C)O[C@@H]3CC/C(C)=C/[C@@H](OC(=O)C=C(C)C)[C@H]12. The van der Waals surface area contributed by atoms with E-state index in [2.05, 4.69) is 13.5 Å². The van der Waals surface area contributed by atoms with Gasteiger partial charge in [0.05, 0.1) is 17.6 Å². The molecule has 5 atom stereocenters. The Morgan fingerprint density at radius 2 is 2.16 bits per heavy atom. The summed E-state index contributed by atoms with van der Waals surface area (Å²) in [5.41, 5.74) is 2.06. The summed E-state index contributed by atoms with van der Waals surface area (Å²) in [5.74, 6) is -1.20. The maximum absolute atomic E-state index is 12.2. The number of carbonyl (C=O) groups is 2. The molecule has 2 heterocycles. The van der Waals surface area contributed by atoms with Crippen molar-refractivity contribution in [1.29, 1.82) is 0 Å². The van der Waals surface area contributed by atoms with Gasteiger partial charge in [0.15, 0.2) is 0 Å². The first kappa shape index (κ1) is 17.9. The molecule has 136 valence electrons. The van der Waals surface area contributed by atoms with Crippen LogP contribution in [0.25, 0.3) is 0 Å². The van der Waals surface area contributed by atoms with Crippen molar-refractivity contribution in [3.63, 3.8) is 0 Å². The molecule has 1 aliphatic carbocycles. The van der Waals surface area contributed by atoms with E-state index in [1.165, 1.54) is 6.08 Å². The van der Waals surface area contributed by atoms with Gasteiger partial charge in [-0.1, -0.05) is 17.7 Å². The molecule has 0 radical (unpaired) electrons. The Morgan fingerprint density at radius 3 is 2.84 bits per heavy atom. The molecule has 0 aromatic carbocycles. The Bertz CT molecular complexity index is 670. The minimum Gasteiger partial charge on any atom is -0.458 e. The molecule has 0 bridgehead atoms. The number of esters is 2. The van der Waals surface area contributed by atoms with Gasteiger partial charge in [-0.25, -0.2) is 9.59 Å². The first-order chi connectivity index (χ1) is 11.7. The summed E-state index contributed by atoms with van der Waals surface area (Å²) >= 11 is 0. The lowest BCUT2D eigenvalue weighted by Crippen LogP contribution is -2.35. The largest absolute Gasteiger partial charge is 0.458 e. The van der Waals surface area contributed by atoms with E-state index in [1.807, 2.05) is 26.8 Å². The second-order valence-corrected chi connectivity index (χ2v) is 7.79. The van der Waals surface area contributed by atoms with Gasteiger partial charge in [-0.05, 0) is 46.6 Å². The van der Waals surface area contributed by atoms with Crippen LogP contribution in [0.4, 0.5) is 0 Å². The number of hydrogen-bond donors (Lipinski definition) is 0. The quantitative estimate of drug-likeness (QED) is 0.332. The van der Waals surface area contributed by atoms with E-state index >= 15 is 0 Å². The Morgan fingerprint density at radius 1 is 1.44 bits per heavy atom. The van der Waals surface area contributed by atoms with Crippen LogP contribution >= 0.6 is 0 Å². The molecule has 25 heavy (non-hydrogen) atoms. The zero-order valence-electron chi connectivity index (χ0n) is 15.3. The molecule has 0 saturated carbocycles. The molecule has 0 aromatic heterocycles. The van der Waals surface area contributed by atoms with Crippen molar-refractivity contribution >= 4 is 11.9 Å². The maximum atomic E-state index is 12.2. The van der Waals surface area contributed by atoms with Crippen LogP contribution in [-0.2, 0) is 23.8 Å². The number of allylic oxidation sites excluding steroid dienone is 2. The van der Waals surface area contributed by atoms with E-state index in [0.717, 1.165) is 24.0 Å². The fourth-order valence-corrected chi connectivity index (χ4v) is 3.80. The van der Waals surface area contributed by atoms with E-state index in [0.29, 0.717) is 12.0 Å². The Kier molecular flexibility index (Phi) is 4.62. The van der Waals surface area contributed by atoms with Gasteiger partial charge in [-0.2, -0.15) is 0 Å². The van der Waals surface area contributed by atoms with Gasteiger partial charge in [-0.15, -0.1) is 0 Å². The van der Waals surface area contributed by atoms with Gasteiger partial charge in [0.2, 0.25) is 0 Å². The number of carbonyl (C=O) groups excluding carboxylic acids is 2. The van der Waals surface area contributed by atoms with E-state index in [9.17, 15) is 9.59 Å². The second-order valence-electron chi connectivity index (χ2n) is 7.79. The lowest BCUT2D eigenvalue weighted by atomic mass is 9.83. The standard InChI is InChI=1S/C20H26O5/c1-11(2)8-17(21)23-14-9-12(3)6-7-16-20(5,25-16)10-15-18(14)13(4)19(22)24-15/h8-9,14-16,18H,4,6-7,10H2,1-3,5H3/b12-9+/t14-,15+,16-,18+,20-/m1/s1. The molecule has 2 aliphatic heterocycles. The second kappa shape index (κ2) is 6.45. The molecule has 0 spiro atoms. The first-order valence-corrected chi connectivity index (χ1v) is 8.80. The van der Waals surface area contributed by atoms with Crippen molar-refractivity contribution in [2.75, 3.05) is 0 Å². The number of epoxide rings is 1. The smallest absolute Gasteiger partial charge is 0.334 e. The summed E-state index contributed by atoms with van der Waals surface area (Å²) in [6.07, 6.45) is 5.01. The van der Waals surface area contributed by atoms with Gasteiger partial charge in [0, 0.05) is 18.1 Å². The van der Waals surface area contributed by atoms with Crippen LogP contribution in [0.15, 0.2) is 35.5 Å². The fourth-order valence-electron chi connectivity index (χ4n) is 3.80. The third kappa shape index (κ3) is 3.71. The summed E-state index contributed by atoms with van der Waals surface area (Å²) < 4.78 is 17.1. The molecule has 3 rings (SSSR count). The highest BCUT2D eigenvalue weighted by Crippen LogP contribution is 2.48. The van der Waals surface area contributed by atoms with E-state index in [1.54, 1.807) is 0 Å². The Hall–Kier alpha value is -1.88. The van der Waals surface area contributed by atoms with Crippen LogP contribution in [0.5, 0.6) is 0 Å². The van der Waals surface area contributed by atoms with Crippen LogP contribution in [0, 0.1) is 5.92 Å². The Labute approximate surface area is 148 Å². The number of fused-ring (bicyclic) bond motifs is 2. The van der Waals surface area contributed by atoms with Crippen LogP contribution in [0.2, 0.25) is 0 Å². The molecule has 0 aromatic rings. The molecular formula is C20H26O5. The molecule has 2 saturated heterocycles. The van der Waals surface area contributed by atoms with Gasteiger partial charge in [0.25, 0.3) is 0 Å². The highest BCUT2D eigenvalue weighted by atomic mass is 16.6. The summed E-state index contributed by atoms with van der Waals surface area (Å²) in [4.78, 5) is 24.3. The molecular weight excluding hydrogens is 320 g/mol. The maximum Gasteiger partial charge on any atom is 0.334 e. The normalized spacial score (nSPS) is 39.3. The van der Waals surface area contributed by atoms with E-state index in [4.69, 9.17) is 14.2 Å². The van der Waals surface area contributed by atoms with Crippen LogP contribution in [0.1, 0.15) is 47.0 Å². The van der Waals surface area contributed by atoms with Crippen LogP contribution in [-0.4, -0.2) is 35.9 Å². The summed E-state index contributed by atoms with van der Waals surface area (Å²) in [6.45, 7) is 11.6. The monoisotopic (exact) mass is 346 g/mol. The minimum absolute atomic E-state index is 0.189. The third-order valence-corrected chi connectivity index (χ3v) is 5.23. The molecule has 5 heteroatoms. The predicted octanol–water partition coefficient (Wildman–Crippen LogP) is 3.25. The molecule has 0 amide bonds. The van der Waals surface area contributed by atoms with Gasteiger partial charge < -0.3 is 14.2 Å². The van der Waals surface area contributed by atoms with Crippen molar-refractivity contribution in [2.24, 2.45) is 5.92 Å². The fraction of sp³-hybridized carbons (Fsp3) is 0.600. The van der Waals surface area contributed by atoms with Crippen molar-refractivity contribution < 1.29 is 23.8 Å². The number of ether oxygens (including phenoxy) is 3. The van der Waals surface area contributed by atoms with Gasteiger partial charge >= 0.3 is 11.9 Å². The lowest BCUT2D eigenvalue weighted by Gasteiger charge is -2.27. The average molecular weight is 346 g/mol. The zero-order chi connectivity index (χ0) is 18.4. The predicted molar refractivity (Wildman–Crippen MR) is 92.7 cm³/mol. The molecule has 0 N–H and O–H groups in total. The summed E-state index contributed by atoms with van der Waals surface area (Å²) in [5, 5.41) is 0. The molecule has 3 aliphatic rings. The third-order valence-electron chi connectivity index (χ3n) is 5.23. The van der Waals surface area contributed by atoms with Crippen LogP contribution in [0.3, 0.4) is 0 Å². The summed E-state index contributed by atoms with van der Waals surface area (Å²) in [6, 6.07) is 0. The average Bonchev–Trinajstić information content (AvgIpc) is 3.04. The van der Waals surface area contributed by atoms with E-state index < -0.39 is 18.0 Å². The van der Waals surface area contributed by atoms with Gasteiger partial charge in [-0.3, -0.25) is 0 Å². The van der Waals surface area contributed by atoms with Crippen molar-refractivity contribution in [1.82, 2.24) is 0 Å². The molecule has 5 nitrogen and oxygen atoms in total. The van der Waals surface area contributed by atoms with Crippen LogP contribution < -0.4 is 0 Å². The lowest BCUT2D eigenvalue weighted by molar-refractivity contribution is -0.144. The summed E-state index contributed by atoms with van der Waals surface area (Å²) in [7, 11) is 0. The first-order valence-electron chi connectivity index (χ1n) is 8.80. The van der Waals surface area contributed by atoms with Crippen molar-refractivity contribution in [3.05, 3.63) is 35.5 Å². The highest BCUT2D eigenvalue weighted by molar-refractivity contribution is 5.91.